The molecule has 0 unspecified atom stereocenters. The smallest absolute Gasteiger partial charge is 0.240 e. The Balaban J connectivity index is 0.00000264. The number of nitrogens with two attached hydrogens (primary N) is 1. The van der Waals surface area contributed by atoms with Crippen LogP contribution in [0.3, 0.4) is 0 Å². The molecule has 4 N–H and O–H groups in total. The van der Waals surface area contributed by atoms with Crippen LogP contribution in [-0.2, 0) is 15.1 Å². The number of aryl methyl sites for hydroxylation is 1. The summed E-state index contributed by atoms with van der Waals surface area (Å²) >= 11 is 1.57. The molecule has 6 nitrogen and oxygen atoms in total. The standard InChI is InChI=1S/C15H24N4O2S.2ClH/c1-9(2)12(16)13(21)17-7-11(20)19-15(5-4-6-15)14-18-10(3)8-22-14;;/h8-9,12H,4-7,16H2,1-3H3,(H,17,21)(H,19,20);2*1H/t12-;;/m0../s1. The number of hydrogen-bond donors (Lipinski definition) is 3. The molecule has 0 saturated heterocycles. The lowest BCUT2D eigenvalue weighted by molar-refractivity contribution is -0.128. The van der Waals surface area contributed by atoms with Crippen molar-refractivity contribution in [1.29, 1.82) is 0 Å². The third-order valence-electron chi connectivity index (χ3n) is 4.06. The van der Waals surface area contributed by atoms with E-state index in [-0.39, 0.29) is 54.6 Å². The summed E-state index contributed by atoms with van der Waals surface area (Å²) in [6.45, 7) is 5.64. The van der Waals surface area contributed by atoms with Crippen LogP contribution in [0, 0.1) is 12.8 Å². The molecular formula is C15H26Cl2N4O2S. The molecule has 0 radical (unpaired) electrons. The minimum absolute atomic E-state index is 0. The minimum atomic E-state index is -0.591. The van der Waals surface area contributed by atoms with Gasteiger partial charge in [-0.25, -0.2) is 4.98 Å². The van der Waals surface area contributed by atoms with Gasteiger partial charge in [-0.15, -0.1) is 36.2 Å². The molecule has 0 bridgehead atoms. The maximum absolute atomic E-state index is 12.1. The van der Waals surface area contributed by atoms with Crippen LogP contribution in [-0.4, -0.2) is 29.4 Å². The van der Waals surface area contributed by atoms with E-state index in [0.717, 1.165) is 30.0 Å². The number of halogens is 2. The zero-order valence-corrected chi connectivity index (χ0v) is 16.6. The Morgan fingerprint density at radius 3 is 2.42 bits per heavy atom. The lowest BCUT2D eigenvalue weighted by atomic mass is 9.77. The third-order valence-corrected chi connectivity index (χ3v) is 5.22. The van der Waals surface area contributed by atoms with Crippen LogP contribution in [0.2, 0.25) is 0 Å². The minimum Gasteiger partial charge on any atom is -0.346 e. The predicted octanol–water partition coefficient (Wildman–Crippen LogP) is 1.89. The SMILES string of the molecule is Cc1csc(C2(NC(=O)CNC(=O)[C@@H](N)C(C)C)CCC2)n1.Cl.Cl. The lowest BCUT2D eigenvalue weighted by Gasteiger charge is -2.40. The summed E-state index contributed by atoms with van der Waals surface area (Å²) in [6, 6.07) is -0.591. The normalized spacial score (nSPS) is 16.2. The van der Waals surface area contributed by atoms with Crippen molar-refractivity contribution in [2.75, 3.05) is 6.54 Å². The quantitative estimate of drug-likeness (QED) is 0.683. The van der Waals surface area contributed by atoms with Gasteiger partial charge < -0.3 is 16.4 Å². The van der Waals surface area contributed by atoms with Crippen molar-refractivity contribution in [3.05, 3.63) is 16.1 Å². The second-order valence-corrected chi connectivity index (χ2v) is 7.12. The molecule has 1 saturated carbocycles. The first-order chi connectivity index (χ1) is 10.3. The first-order valence-corrected chi connectivity index (χ1v) is 8.49. The van der Waals surface area contributed by atoms with Crippen molar-refractivity contribution >= 4 is 48.0 Å². The summed E-state index contributed by atoms with van der Waals surface area (Å²) in [5.41, 5.74) is 6.38. The van der Waals surface area contributed by atoms with Crippen molar-refractivity contribution < 1.29 is 9.59 Å². The zero-order chi connectivity index (χ0) is 16.3. The molecule has 0 spiro atoms. The van der Waals surface area contributed by atoms with E-state index in [9.17, 15) is 9.59 Å². The second-order valence-electron chi connectivity index (χ2n) is 6.27. The fourth-order valence-corrected chi connectivity index (χ4v) is 3.41. The molecule has 1 aromatic heterocycles. The summed E-state index contributed by atoms with van der Waals surface area (Å²) in [5, 5.41) is 8.58. The van der Waals surface area contributed by atoms with Crippen molar-refractivity contribution in [1.82, 2.24) is 15.6 Å². The summed E-state index contributed by atoms with van der Waals surface area (Å²) in [5.74, 6) is -0.450. The largest absolute Gasteiger partial charge is 0.346 e. The predicted molar refractivity (Wildman–Crippen MR) is 101 cm³/mol. The second kappa shape index (κ2) is 9.56. The van der Waals surface area contributed by atoms with Crippen LogP contribution >= 0.6 is 36.2 Å². The highest BCUT2D eigenvalue weighted by molar-refractivity contribution is 7.09. The van der Waals surface area contributed by atoms with Crippen LogP contribution < -0.4 is 16.4 Å². The number of amides is 2. The van der Waals surface area contributed by atoms with E-state index >= 15 is 0 Å². The van der Waals surface area contributed by atoms with Gasteiger partial charge in [0.05, 0.1) is 18.1 Å². The average molecular weight is 397 g/mol. The van der Waals surface area contributed by atoms with Gasteiger partial charge in [0, 0.05) is 11.1 Å². The number of aromatic nitrogens is 1. The van der Waals surface area contributed by atoms with E-state index < -0.39 is 6.04 Å². The summed E-state index contributed by atoms with van der Waals surface area (Å²) in [6.07, 6.45) is 2.86. The Morgan fingerprint density at radius 1 is 1.38 bits per heavy atom. The number of hydrogen-bond acceptors (Lipinski definition) is 5. The monoisotopic (exact) mass is 396 g/mol. The molecule has 0 aromatic carbocycles. The highest BCUT2D eigenvalue weighted by Gasteiger charge is 2.42. The molecule has 24 heavy (non-hydrogen) atoms. The lowest BCUT2D eigenvalue weighted by Crippen LogP contribution is -2.54. The van der Waals surface area contributed by atoms with Crippen molar-refractivity contribution in [2.45, 2.75) is 51.6 Å². The van der Waals surface area contributed by atoms with Crippen molar-refractivity contribution in [2.24, 2.45) is 11.7 Å². The zero-order valence-electron chi connectivity index (χ0n) is 14.1. The summed E-state index contributed by atoms with van der Waals surface area (Å²) in [7, 11) is 0. The summed E-state index contributed by atoms with van der Waals surface area (Å²) < 4.78 is 0. The first kappa shape index (κ1) is 23.1. The molecule has 2 amide bonds. The number of carbonyl (C=O) groups excluding carboxylic acids is 2. The molecule has 1 aliphatic rings. The number of nitrogens with one attached hydrogen (secondary N) is 2. The highest BCUT2D eigenvalue weighted by Crippen LogP contribution is 2.42. The number of nitrogens with zero attached hydrogens (tertiary/aromatic N) is 1. The van der Waals surface area contributed by atoms with Gasteiger partial charge in [0.25, 0.3) is 0 Å². The molecule has 1 fully saturated rings. The van der Waals surface area contributed by atoms with Crippen LogP contribution in [0.1, 0.15) is 43.8 Å². The fourth-order valence-electron chi connectivity index (χ4n) is 2.40. The Labute approximate surface area is 159 Å². The van der Waals surface area contributed by atoms with E-state index in [1.165, 1.54) is 0 Å². The third kappa shape index (κ3) is 5.31. The van der Waals surface area contributed by atoms with Gasteiger partial charge in [-0.3, -0.25) is 9.59 Å². The van der Waals surface area contributed by atoms with Crippen molar-refractivity contribution in [3.8, 4) is 0 Å². The molecule has 1 aromatic rings. The van der Waals surface area contributed by atoms with Crippen LogP contribution in [0.4, 0.5) is 0 Å². The van der Waals surface area contributed by atoms with E-state index in [0.29, 0.717) is 0 Å². The molecule has 138 valence electrons. The van der Waals surface area contributed by atoms with Gasteiger partial charge in [0.1, 0.15) is 5.01 Å². The average Bonchev–Trinajstić information content (AvgIpc) is 2.85. The van der Waals surface area contributed by atoms with Crippen LogP contribution in [0.15, 0.2) is 5.38 Å². The van der Waals surface area contributed by atoms with Gasteiger partial charge in [0.15, 0.2) is 0 Å². The Bertz CT molecular complexity index is 561. The van der Waals surface area contributed by atoms with E-state index in [2.05, 4.69) is 15.6 Å². The van der Waals surface area contributed by atoms with Crippen molar-refractivity contribution in [3.63, 3.8) is 0 Å². The molecule has 1 aliphatic carbocycles. The maximum atomic E-state index is 12.1. The number of rotatable bonds is 6. The molecule has 0 aliphatic heterocycles. The van der Waals surface area contributed by atoms with Gasteiger partial charge in [0.2, 0.25) is 11.8 Å². The summed E-state index contributed by atoms with van der Waals surface area (Å²) in [4.78, 5) is 28.4. The first-order valence-electron chi connectivity index (χ1n) is 7.61. The topological polar surface area (TPSA) is 97.1 Å². The number of carbonyl (C=O) groups is 2. The van der Waals surface area contributed by atoms with Gasteiger partial charge in [-0.1, -0.05) is 13.8 Å². The number of thiazole rings is 1. The molecular weight excluding hydrogens is 371 g/mol. The molecule has 2 rings (SSSR count). The van der Waals surface area contributed by atoms with Crippen LogP contribution in [0.5, 0.6) is 0 Å². The van der Waals surface area contributed by atoms with Crippen LogP contribution in [0.25, 0.3) is 0 Å². The van der Waals surface area contributed by atoms with Gasteiger partial charge >= 0.3 is 0 Å². The maximum Gasteiger partial charge on any atom is 0.240 e. The fraction of sp³-hybridized carbons (Fsp3) is 0.667. The van der Waals surface area contributed by atoms with E-state index in [1.807, 2.05) is 26.2 Å². The van der Waals surface area contributed by atoms with Gasteiger partial charge in [-0.2, -0.15) is 0 Å². The van der Waals surface area contributed by atoms with E-state index in [1.54, 1.807) is 11.3 Å². The van der Waals surface area contributed by atoms with E-state index in [4.69, 9.17) is 5.73 Å². The Morgan fingerprint density at radius 2 is 2.00 bits per heavy atom. The molecule has 1 heterocycles. The Hall–Kier alpha value is -0.890. The molecule has 1 atom stereocenters. The highest BCUT2D eigenvalue weighted by atomic mass is 35.5. The Kier molecular flexibility index (Phi) is 9.20. The molecule has 9 heteroatoms. The van der Waals surface area contributed by atoms with Gasteiger partial charge in [-0.05, 0) is 32.1 Å².